The van der Waals surface area contributed by atoms with Crippen LogP contribution in [-0.2, 0) is 4.79 Å². The Morgan fingerprint density at radius 1 is 1.23 bits per heavy atom. The van der Waals surface area contributed by atoms with Crippen molar-refractivity contribution in [3.8, 4) is 11.3 Å². The molecule has 116 valence electrons. The standard InChI is InChI=1S/C14H14ClN3O3S/c15-9-3-1-8(2-4-9)10-5-6-11(21-10)13-16-14(18-17-13)22-7-12(19)20/h1-6,13-14,16-18H,7H2,(H,19,20). The maximum absolute atomic E-state index is 10.6. The van der Waals surface area contributed by atoms with Crippen LogP contribution < -0.4 is 16.2 Å². The van der Waals surface area contributed by atoms with Gasteiger partial charge in [-0.1, -0.05) is 11.6 Å². The topological polar surface area (TPSA) is 86.5 Å². The van der Waals surface area contributed by atoms with Crippen LogP contribution in [0.4, 0.5) is 0 Å². The molecule has 0 spiro atoms. The molecule has 1 aromatic heterocycles. The molecular weight excluding hydrogens is 326 g/mol. The average Bonchev–Trinajstić information content (AvgIpc) is 3.15. The van der Waals surface area contributed by atoms with Gasteiger partial charge in [-0.05, 0) is 36.4 Å². The van der Waals surface area contributed by atoms with Gasteiger partial charge in [-0.2, -0.15) is 0 Å². The zero-order chi connectivity index (χ0) is 15.5. The lowest BCUT2D eigenvalue weighted by Gasteiger charge is -2.08. The summed E-state index contributed by atoms with van der Waals surface area (Å²) in [7, 11) is 0. The van der Waals surface area contributed by atoms with Crippen LogP contribution in [-0.4, -0.2) is 22.3 Å². The molecule has 1 aliphatic rings. The van der Waals surface area contributed by atoms with Gasteiger partial charge in [0.15, 0.2) is 0 Å². The molecule has 8 heteroatoms. The quantitative estimate of drug-likeness (QED) is 0.665. The van der Waals surface area contributed by atoms with Crippen molar-refractivity contribution in [2.75, 3.05) is 5.75 Å². The molecule has 2 unspecified atom stereocenters. The predicted molar refractivity (Wildman–Crippen MR) is 85.2 cm³/mol. The molecule has 1 saturated heterocycles. The summed E-state index contributed by atoms with van der Waals surface area (Å²) in [6.45, 7) is 0. The second kappa shape index (κ2) is 6.72. The van der Waals surface area contributed by atoms with Crippen molar-refractivity contribution < 1.29 is 14.3 Å². The number of carbonyl (C=O) groups is 1. The summed E-state index contributed by atoms with van der Waals surface area (Å²) in [5.74, 6) is 0.639. The monoisotopic (exact) mass is 339 g/mol. The summed E-state index contributed by atoms with van der Waals surface area (Å²) in [6.07, 6.45) is -0.215. The number of rotatable bonds is 5. The fourth-order valence-corrected chi connectivity index (χ4v) is 2.89. The van der Waals surface area contributed by atoms with E-state index in [-0.39, 0.29) is 17.4 Å². The van der Waals surface area contributed by atoms with Crippen molar-refractivity contribution in [3.05, 3.63) is 47.2 Å². The third-order valence-corrected chi connectivity index (χ3v) is 4.34. The molecule has 0 bridgehead atoms. The fourth-order valence-electron chi connectivity index (χ4n) is 2.07. The van der Waals surface area contributed by atoms with Crippen molar-refractivity contribution in [3.63, 3.8) is 0 Å². The van der Waals surface area contributed by atoms with Gasteiger partial charge < -0.3 is 9.52 Å². The van der Waals surface area contributed by atoms with E-state index in [2.05, 4.69) is 16.2 Å². The summed E-state index contributed by atoms with van der Waals surface area (Å²) >= 11 is 7.13. The number of furan rings is 1. The number of benzene rings is 1. The number of thioether (sulfide) groups is 1. The first-order valence-electron chi connectivity index (χ1n) is 6.58. The smallest absolute Gasteiger partial charge is 0.313 e. The van der Waals surface area contributed by atoms with Gasteiger partial charge in [-0.25, -0.2) is 10.9 Å². The van der Waals surface area contributed by atoms with Crippen LogP contribution in [0, 0.1) is 0 Å². The molecule has 1 aliphatic heterocycles. The maximum Gasteiger partial charge on any atom is 0.313 e. The third-order valence-electron chi connectivity index (χ3n) is 3.09. The Balaban J connectivity index is 1.64. The Morgan fingerprint density at radius 3 is 2.73 bits per heavy atom. The van der Waals surface area contributed by atoms with E-state index >= 15 is 0 Å². The van der Waals surface area contributed by atoms with Crippen molar-refractivity contribution >= 4 is 29.3 Å². The Kier molecular flexibility index (Phi) is 4.70. The molecule has 1 fully saturated rings. The molecule has 6 nitrogen and oxygen atoms in total. The van der Waals surface area contributed by atoms with Crippen LogP contribution in [0.2, 0.25) is 5.02 Å². The minimum Gasteiger partial charge on any atom is -0.481 e. The molecule has 2 heterocycles. The Morgan fingerprint density at radius 2 is 2.00 bits per heavy atom. The highest BCUT2D eigenvalue weighted by molar-refractivity contribution is 8.00. The first-order chi connectivity index (χ1) is 10.6. The number of hydrazine groups is 1. The van der Waals surface area contributed by atoms with E-state index in [0.717, 1.165) is 17.1 Å². The zero-order valence-electron chi connectivity index (χ0n) is 11.4. The lowest BCUT2D eigenvalue weighted by atomic mass is 10.2. The summed E-state index contributed by atoms with van der Waals surface area (Å²) in [5, 5.41) is 12.6. The van der Waals surface area contributed by atoms with Gasteiger partial charge in [0, 0.05) is 10.6 Å². The second-order valence-electron chi connectivity index (χ2n) is 4.68. The molecule has 0 amide bonds. The van der Waals surface area contributed by atoms with Gasteiger partial charge in [0.2, 0.25) is 0 Å². The highest BCUT2D eigenvalue weighted by Gasteiger charge is 2.27. The van der Waals surface area contributed by atoms with Crippen molar-refractivity contribution in [1.29, 1.82) is 0 Å². The lowest BCUT2D eigenvalue weighted by molar-refractivity contribution is -0.133. The SMILES string of the molecule is O=C(O)CSC1NNC(c2ccc(-c3ccc(Cl)cc3)o2)N1. The molecule has 2 atom stereocenters. The molecular formula is C14H14ClN3O3S. The van der Waals surface area contributed by atoms with Crippen LogP contribution in [0.25, 0.3) is 11.3 Å². The number of aliphatic carboxylic acids is 1. The number of hydrogen-bond donors (Lipinski definition) is 4. The number of nitrogens with one attached hydrogen (secondary N) is 3. The second-order valence-corrected chi connectivity index (χ2v) is 6.21. The first-order valence-corrected chi connectivity index (χ1v) is 8.01. The van der Waals surface area contributed by atoms with Crippen LogP contribution >= 0.6 is 23.4 Å². The summed E-state index contributed by atoms with van der Waals surface area (Å²) in [6, 6.07) is 11.2. The van der Waals surface area contributed by atoms with Crippen LogP contribution in [0.3, 0.4) is 0 Å². The fraction of sp³-hybridized carbons (Fsp3) is 0.214. The Labute approximate surface area is 136 Å². The van der Waals surface area contributed by atoms with Gasteiger partial charge in [0.1, 0.15) is 23.2 Å². The molecule has 22 heavy (non-hydrogen) atoms. The number of hydrogen-bond acceptors (Lipinski definition) is 6. The van der Waals surface area contributed by atoms with E-state index in [1.165, 1.54) is 11.8 Å². The summed E-state index contributed by atoms with van der Waals surface area (Å²) < 4.78 is 5.83. The van der Waals surface area contributed by atoms with Gasteiger partial charge >= 0.3 is 5.97 Å². The van der Waals surface area contributed by atoms with Gasteiger partial charge in [-0.3, -0.25) is 10.1 Å². The van der Waals surface area contributed by atoms with Gasteiger partial charge in [-0.15, -0.1) is 11.8 Å². The molecule has 0 radical (unpaired) electrons. The van der Waals surface area contributed by atoms with E-state index in [1.807, 2.05) is 36.4 Å². The molecule has 3 rings (SSSR count). The normalized spacial score (nSPS) is 21.1. The van der Waals surface area contributed by atoms with E-state index in [9.17, 15) is 4.79 Å². The number of carboxylic acid groups (broad SMARTS) is 1. The van der Waals surface area contributed by atoms with E-state index < -0.39 is 5.97 Å². The van der Waals surface area contributed by atoms with Crippen molar-refractivity contribution in [2.24, 2.45) is 0 Å². The van der Waals surface area contributed by atoms with E-state index in [4.69, 9.17) is 21.1 Å². The van der Waals surface area contributed by atoms with Crippen LogP contribution in [0.5, 0.6) is 0 Å². The first kappa shape index (κ1) is 15.4. The highest BCUT2D eigenvalue weighted by Crippen LogP contribution is 2.27. The zero-order valence-corrected chi connectivity index (χ0v) is 12.9. The highest BCUT2D eigenvalue weighted by atomic mass is 35.5. The van der Waals surface area contributed by atoms with Crippen LogP contribution in [0.1, 0.15) is 11.9 Å². The Hall–Kier alpha value is -1.51. The number of halogens is 1. The number of carboxylic acids is 1. The van der Waals surface area contributed by atoms with Crippen LogP contribution in [0.15, 0.2) is 40.8 Å². The molecule has 0 aliphatic carbocycles. The minimum atomic E-state index is -0.847. The molecule has 2 aromatic rings. The molecule has 1 aromatic carbocycles. The lowest BCUT2D eigenvalue weighted by Crippen LogP contribution is -2.31. The third kappa shape index (κ3) is 3.63. The molecule has 0 saturated carbocycles. The molecule has 4 N–H and O–H groups in total. The minimum absolute atomic E-state index is 0.0211. The maximum atomic E-state index is 10.6. The van der Waals surface area contributed by atoms with Crippen molar-refractivity contribution in [2.45, 2.75) is 11.7 Å². The largest absolute Gasteiger partial charge is 0.481 e. The van der Waals surface area contributed by atoms with Crippen molar-refractivity contribution in [1.82, 2.24) is 16.2 Å². The van der Waals surface area contributed by atoms with E-state index in [1.54, 1.807) is 0 Å². The summed E-state index contributed by atoms with van der Waals surface area (Å²) in [5.41, 5.74) is 6.76. The van der Waals surface area contributed by atoms with E-state index in [0.29, 0.717) is 5.02 Å². The Bertz CT molecular complexity index is 662. The van der Waals surface area contributed by atoms with Gasteiger partial charge in [0.25, 0.3) is 0 Å². The average molecular weight is 340 g/mol. The van der Waals surface area contributed by atoms with Gasteiger partial charge in [0.05, 0.1) is 5.75 Å². The summed E-state index contributed by atoms with van der Waals surface area (Å²) in [4.78, 5) is 10.6. The predicted octanol–water partition coefficient (Wildman–Crippen LogP) is 2.40.